The van der Waals surface area contributed by atoms with Crippen LogP contribution in [0.3, 0.4) is 0 Å². The second-order valence-electron chi connectivity index (χ2n) is 5.40. The number of nitrogens with one attached hydrogen (secondary N) is 2. The van der Waals surface area contributed by atoms with Gasteiger partial charge in [-0.25, -0.2) is 0 Å². The van der Waals surface area contributed by atoms with Crippen molar-refractivity contribution in [3.63, 3.8) is 0 Å². The molecule has 2 rings (SSSR count). The fraction of sp³-hybridized carbons (Fsp3) is 0.917. The van der Waals surface area contributed by atoms with Crippen molar-refractivity contribution in [2.24, 2.45) is 0 Å². The second-order valence-corrected chi connectivity index (χ2v) is 5.40. The molecule has 0 unspecified atom stereocenters. The molecule has 1 aliphatic heterocycles. The monoisotopic (exact) mass is 225 g/mol. The van der Waals surface area contributed by atoms with Gasteiger partial charge in [0.25, 0.3) is 0 Å². The normalized spacial score (nSPS) is 23.9. The van der Waals surface area contributed by atoms with E-state index >= 15 is 0 Å². The SMILES string of the molecule is CC(C)(C(=O)NC1CCC1)N1CCNCC1. The van der Waals surface area contributed by atoms with Crippen LogP contribution in [0.5, 0.6) is 0 Å². The van der Waals surface area contributed by atoms with Crippen LogP contribution in [0.1, 0.15) is 33.1 Å². The molecule has 2 aliphatic rings. The van der Waals surface area contributed by atoms with Gasteiger partial charge in [0.05, 0.1) is 5.54 Å². The van der Waals surface area contributed by atoms with Gasteiger partial charge in [-0.05, 0) is 33.1 Å². The van der Waals surface area contributed by atoms with E-state index in [9.17, 15) is 4.79 Å². The minimum atomic E-state index is -0.363. The van der Waals surface area contributed by atoms with Crippen LogP contribution in [0.4, 0.5) is 0 Å². The summed E-state index contributed by atoms with van der Waals surface area (Å²) in [4.78, 5) is 14.5. The Bertz CT molecular complexity index is 255. The zero-order valence-corrected chi connectivity index (χ0v) is 10.4. The van der Waals surface area contributed by atoms with E-state index in [1.165, 1.54) is 6.42 Å². The van der Waals surface area contributed by atoms with Gasteiger partial charge < -0.3 is 10.6 Å². The lowest BCUT2D eigenvalue weighted by Crippen LogP contribution is -2.61. The van der Waals surface area contributed by atoms with Crippen molar-refractivity contribution in [2.75, 3.05) is 26.2 Å². The summed E-state index contributed by atoms with van der Waals surface area (Å²) >= 11 is 0. The number of carbonyl (C=O) groups is 1. The fourth-order valence-corrected chi connectivity index (χ4v) is 2.28. The highest BCUT2D eigenvalue weighted by molar-refractivity contribution is 5.85. The molecular formula is C12H23N3O. The first-order chi connectivity index (χ1) is 7.60. The quantitative estimate of drug-likeness (QED) is 0.728. The molecule has 0 aromatic carbocycles. The molecule has 0 bridgehead atoms. The topological polar surface area (TPSA) is 44.4 Å². The van der Waals surface area contributed by atoms with E-state index in [1.54, 1.807) is 0 Å². The zero-order chi connectivity index (χ0) is 11.6. The lowest BCUT2D eigenvalue weighted by Gasteiger charge is -2.41. The Morgan fingerprint density at radius 2 is 1.94 bits per heavy atom. The molecule has 16 heavy (non-hydrogen) atoms. The molecule has 0 aromatic rings. The number of amides is 1. The lowest BCUT2D eigenvalue weighted by atomic mass is 9.91. The Labute approximate surface area is 97.8 Å². The molecule has 1 amide bonds. The van der Waals surface area contributed by atoms with Gasteiger partial charge in [0.2, 0.25) is 5.91 Å². The molecule has 92 valence electrons. The molecule has 0 radical (unpaired) electrons. The highest BCUT2D eigenvalue weighted by atomic mass is 16.2. The van der Waals surface area contributed by atoms with E-state index < -0.39 is 0 Å². The van der Waals surface area contributed by atoms with Crippen molar-refractivity contribution in [1.29, 1.82) is 0 Å². The molecule has 1 aliphatic carbocycles. The summed E-state index contributed by atoms with van der Waals surface area (Å²) in [5.74, 6) is 0.194. The molecule has 0 spiro atoms. The predicted octanol–water partition coefficient (Wildman–Crippen LogP) is 0.339. The van der Waals surface area contributed by atoms with E-state index in [0.29, 0.717) is 6.04 Å². The Morgan fingerprint density at radius 1 is 1.31 bits per heavy atom. The first-order valence-corrected chi connectivity index (χ1v) is 6.37. The van der Waals surface area contributed by atoms with Crippen LogP contribution >= 0.6 is 0 Å². The largest absolute Gasteiger partial charge is 0.352 e. The number of carbonyl (C=O) groups excluding carboxylic acids is 1. The van der Waals surface area contributed by atoms with Crippen molar-refractivity contribution in [1.82, 2.24) is 15.5 Å². The smallest absolute Gasteiger partial charge is 0.240 e. The second kappa shape index (κ2) is 4.72. The number of piperazine rings is 1. The molecule has 1 saturated carbocycles. The van der Waals surface area contributed by atoms with E-state index in [2.05, 4.69) is 15.5 Å². The first-order valence-electron chi connectivity index (χ1n) is 6.37. The Morgan fingerprint density at radius 3 is 2.44 bits per heavy atom. The van der Waals surface area contributed by atoms with Crippen LogP contribution in [0.2, 0.25) is 0 Å². The van der Waals surface area contributed by atoms with E-state index in [1.807, 2.05) is 13.8 Å². The Kier molecular flexibility index (Phi) is 3.50. The van der Waals surface area contributed by atoms with Crippen molar-refractivity contribution in [2.45, 2.75) is 44.7 Å². The summed E-state index contributed by atoms with van der Waals surface area (Å²) in [6, 6.07) is 0.440. The predicted molar refractivity (Wildman–Crippen MR) is 64.3 cm³/mol. The molecular weight excluding hydrogens is 202 g/mol. The van der Waals surface area contributed by atoms with Gasteiger partial charge in [-0.1, -0.05) is 0 Å². The van der Waals surface area contributed by atoms with Gasteiger partial charge in [0.1, 0.15) is 0 Å². The van der Waals surface area contributed by atoms with Gasteiger partial charge in [-0.2, -0.15) is 0 Å². The number of hydrogen-bond donors (Lipinski definition) is 2. The molecule has 4 nitrogen and oxygen atoms in total. The number of hydrogen-bond acceptors (Lipinski definition) is 3. The van der Waals surface area contributed by atoms with Crippen LogP contribution in [-0.2, 0) is 4.79 Å². The van der Waals surface area contributed by atoms with Gasteiger partial charge >= 0.3 is 0 Å². The highest BCUT2D eigenvalue weighted by Crippen LogP contribution is 2.21. The fourth-order valence-electron chi connectivity index (χ4n) is 2.28. The average Bonchev–Trinajstić information content (AvgIpc) is 2.24. The van der Waals surface area contributed by atoms with E-state index in [4.69, 9.17) is 0 Å². The third-order valence-electron chi connectivity index (χ3n) is 3.90. The minimum absolute atomic E-state index is 0.194. The van der Waals surface area contributed by atoms with Gasteiger partial charge in [-0.15, -0.1) is 0 Å². The van der Waals surface area contributed by atoms with E-state index in [-0.39, 0.29) is 11.4 Å². The molecule has 2 N–H and O–H groups in total. The van der Waals surface area contributed by atoms with Crippen LogP contribution in [-0.4, -0.2) is 48.6 Å². The summed E-state index contributed by atoms with van der Waals surface area (Å²) < 4.78 is 0. The van der Waals surface area contributed by atoms with Crippen molar-refractivity contribution in [3.05, 3.63) is 0 Å². The minimum Gasteiger partial charge on any atom is -0.352 e. The zero-order valence-electron chi connectivity index (χ0n) is 10.4. The number of rotatable bonds is 3. The summed E-state index contributed by atoms with van der Waals surface area (Å²) in [5, 5.41) is 6.47. The number of nitrogens with zero attached hydrogens (tertiary/aromatic N) is 1. The third kappa shape index (κ3) is 2.38. The van der Waals surface area contributed by atoms with Crippen LogP contribution in [0, 0.1) is 0 Å². The maximum absolute atomic E-state index is 12.2. The summed E-state index contributed by atoms with van der Waals surface area (Å²) in [6.07, 6.45) is 3.58. The van der Waals surface area contributed by atoms with Crippen molar-refractivity contribution in [3.8, 4) is 0 Å². The standard InChI is InChI=1S/C12H23N3O/c1-12(2,15-8-6-13-7-9-15)11(16)14-10-4-3-5-10/h10,13H,3-9H2,1-2H3,(H,14,16). The Balaban J connectivity index is 1.90. The first kappa shape index (κ1) is 11.9. The molecule has 1 heterocycles. The van der Waals surface area contributed by atoms with Gasteiger partial charge in [0.15, 0.2) is 0 Å². The lowest BCUT2D eigenvalue weighted by molar-refractivity contribution is -0.133. The molecule has 1 saturated heterocycles. The van der Waals surface area contributed by atoms with Crippen molar-refractivity contribution >= 4 is 5.91 Å². The molecule has 0 aromatic heterocycles. The summed E-state index contributed by atoms with van der Waals surface area (Å²) in [5.41, 5.74) is -0.363. The maximum Gasteiger partial charge on any atom is 0.240 e. The Hall–Kier alpha value is -0.610. The van der Waals surface area contributed by atoms with Crippen LogP contribution in [0.25, 0.3) is 0 Å². The van der Waals surface area contributed by atoms with Crippen molar-refractivity contribution < 1.29 is 4.79 Å². The van der Waals surface area contributed by atoms with E-state index in [0.717, 1.165) is 39.0 Å². The van der Waals surface area contributed by atoms with Crippen LogP contribution < -0.4 is 10.6 Å². The van der Waals surface area contributed by atoms with Gasteiger partial charge in [0, 0.05) is 32.2 Å². The van der Waals surface area contributed by atoms with Crippen LogP contribution in [0.15, 0.2) is 0 Å². The highest BCUT2D eigenvalue weighted by Gasteiger charge is 2.36. The molecule has 2 fully saturated rings. The van der Waals surface area contributed by atoms with Gasteiger partial charge in [-0.3, -0.25) is 9.69 Å². The summed E-state index contributed by atoms with van der Waals surface area (Å²) in [7, 11) is 0. The maximum atomic E-state index is 12.2. The third-order valence-corrected chi connectivity index (χ3v) is 3.90. The average molecular weight is 225 g/mol. The molecule has 0 atom stereocenters. The molecule has 4 heteroatoms. The summed E-state index contributed by atoms with van der Waals surface area (Å²) in [6.45, 7) is 7.97.